The second-order valence-electron chi connectivity index (χ2n) is 7.95. The quantitative estimate of drug-likeness (QED) is 0.678. The van der Waals surface area contributed by atoms with Crippen LogP contribution < -0.4 is 10.2 Å². The lowest BCUT2D eigenvalue weighted by atomic mass is 10.1. The first-order valence-electron chi connectivity index (χ1n) is 10.4. The van der Waals surface area contributed by atoms with Gasteiger partial charge in [-0.3, -0.25) is 4.90 Å². The molecule has 0 amide bonds. The van der Waals surface area contributed by atoms with Crippen molar-refractivity contribution in [3.8, 4) is 6.07 Å². The molecule has 1 saturated heterocycles. The van der Waals surface area contributed by atoms with Crippen LogP contribution in [0.5, 0.6) is 0 Å². The number of nitrogens with one attached hydrogen (secondary N) is 1. The molecule has 3 aromatic rings. The fraction of sp³-hybridized carbons (Fsp3) is 0.364. The summed E-state index contributed by atoms with van der Waals surface area (Å²) in [5.74, 6) is 0.359. The van der Waals surface area contributed by atoms with Crippen LogP contribution in [0.15, 0.2) is 30.5 Å². The Morgan fingerprint density at radius 1 is 1.10 bits per heavy atom. The van der Waals surface area contributed by atoms with Gasteiger partial charge in [-0.15, -0.1) is 0 Å². The van der Waals surface area contributed by atoms with Crippen molar-refractivity contribution in [1.29, 1.82) is 5.26 Å². The highest BCUT2D eigenvalue weighted by atomic mass is 19.1. The molecule has 2 aromatic heterocycles. The molecule has 158 valence electrons. The topological polar surface area (TPSA) is 81.0 Å². The van der Waals surface area contributed by atoms with Gasteiger partial charge in [-0.1, -0.05) is 6.07 Å². The van der Waals surface area contributed by atoms with Gasteiger partial charge in [0.1, 0.15) is 23.2 Å². The zero-order chi connectivity index (χ0) is 21.4. The van der Waals surface area contributed by atoms with Crippen molar-refractivity contribution < 1.29 is 8.78 Å². The van der Waals surface area contributed by atoms with Crippen molar-refractivity contribution in [2.45, 2.75) is 25.4 Å². The summed E-state index contributed by atoms with van der Waals surface area (Å²) in [6.45, 7) is 3.21. The molecule has 0 bridgehead atoms. The molecule has 0 atom stereocenters. The summed E-state index contributed by atoms with van der Waals surface area (Å²) in [5.41, 5.74) is 1.89. The Bertz CT molecular complexity index is 1160. The second-order valence-corrected chi connectivity index (χ2v) is 7.95. The van der Waals surface area contributed by atoms with Gasteiger partial charge in [0.2, 0.25) is 0 Å². The fourth-order valence-corrected chi connectivity index (χ4v) is 3.80. The number of hydrogen-bond donors (Lipinski definition) is 1. The SMILES string of the molecule is N#Cc1nccc2nc(NC3CC3)c(N3CCN(Cc4ccc(F)cc4F)CC3)nc12. The lowest BCUT2D eigenvalue weighted by Gasteiger charge is -2.36. The maximum absolute atomic E-state index is 14.0. The van der Waals surface area contributed by atoms with Crippen molar-refractivity contribution in [2.75, 3.05) is 36.4 Å². The average Bonchev–Trinajstić information content (AvgIpc) is 3.59. The van der Waals surface area contributed by atoms with Gasteiger partial charge in [0, 0.05) is 56.6 Å². The Labute approximate surface area is 178 Å². The van der Waals surface area contributed by atoms with Gasteiger partial charge in [0.15, 0.2) is 17.3 Å². The van der Waals surface area contributed by atoms with Crippen LogP contribution in [-0.2, 0) is 6.54 Å². The normalized spacial score (nSPS) is 17.0. The van der Waals surface area contributed by atoms with Crippen LogP contribution in [0.1, 0.15) is 24.1 Å². The summed E-state index contributed by atoms with van der Waals surface area (Å²) in [5, 5.41) is 12.9. The van der Waals surface area contributed by atoms with E-state index in [2.05, 4.69) is 26.2 Å². The minimum absolute atomic E-state index is 0.259. The summed E-state index contributed by atoms with van der Waals surface area (Å²) in [7, 11) is 0. The van der Waals surface area contributed by atoms with Crippen LogP contribution in [0.4, 0.5) is 20.4 Å². The van der Waals surface area contributed by atoms with Crippen molar-refractivity contribution in [2.24, 2.45) is 0 Å². The maximum atomic E-state index is 14.0. The highest BCUT2D eigenvalue weighted by Crippen LogP contribution is 2.31. The summed E-state index contributed by atoms with van der Waals surface area (Å²) in [4.78, 5) is 17.9. The molecule has 2 fully saturated rings. The first kappa shape index (κ1) is 19.6. The summed E-state index contributed by atoms with van der Waals surface area (Å²) < 4.78 is 27.2. The fourth-order valence-electron chi connectivity index (χ4n) is 3.80. The zero-order valence-corrected chi connectivity index (χ0v) is 16.9. The molecule has 9 heteroatoms. The number of piperazine rings is 1. The number of anilines is 2. The summed E-state index contributed by atoms with van der Waals surface area (Å²) in [6, 6.07) is 7.98. The average molecular weight is 421 g/mol. The van der Waals surface area contributed by atoms with Crippen LogP contribution in [0.2, 0.25) is 0 Å². The molecule has 1 aromatic carbocycles. The predicted molar refractivity (Wildman–Crippen MR) is 113 cm³/mol. The van der Waals surface area contributed by atoms with E-state index in [1.54, 1.807) is 12.3 Å². The van der Waals surface area contributed by atoms with Crippen molar-refractivity contribution >= 4 is 22.7 Å². The predicted octanol–water partition coefficient (Wildman–Crippen LogP) is 3.07. The Balaban J connectivity index is 1.37. The minimum Gasteiger partial charge on any atom is -0.364 e. The van der Waals surface area contributed by atoms with Crippen LogP contribution >= 0.6 is 0 Å². The largest absolute Gasteiger partial charge is 0.364 e. The van der Waals surface area contributed by atoms with Crippen LogP contribution in [0.3, 0.4) is 0 Å². The highest BCUT2D eigenvalue weighted by Gasteiger charge is 2.27. The van der Waals surface area contributed by atoms with E-state index in [1.165, 1.54) is 12.1 Å². The summed E-state index contributed by atoms with van der Waals surface area (Å²) in [6.07, 6.45) is 3.79. The zero-order valence-electron chi connectivity index (χ0n) is 16.9. The molecule has 0 unspecified atom stereocenters. The maximum Gasteiger partial charge on any atom is 0.172 e. The molecule has 1 saturated carbocycles. The van der Waals surface area contributed by atoms with E-state index in [9.17, 15) is 14.0 Å². The van der Waals surface area contributed by atoms with Crippen LogP contribution in [0, 0.1) is 23.0 Å². The van der Waals surface area contributed by atoms with E-state index in [-0.39, 0.29) is 5.69 Å². The molecule has 5 rings (SSSR count). The third-order valence-corrected chi connectivity index (χ3v) is 5.67. The van der Waals surface area contributed by atoms with Gasteiger partial charge in [-0.2, -0.15) is 5.26 Å². The summed E-state index contributed by atoms with van der Waals surface area (Å²) >= 11 is 0. The van der Waals surface area contributed by atoms with Gasteiger partial charge in [0.05, 0.1) is 5.52 Å². The standard InChI is InChI=1S/C22H21F2N7/c23-15-2-1-14(17(24)11-15)13-30-7-9-31(10-8-30)22-21(27-16-3-4-16)28-18-5-6-26-19(12-25)20(18)29-22/h1-2,5-6,11,16H,3-4,7-10,13H2,(H,27,28). The number of nitriles is 1. The Morgan fingerprint density at radius 2 is 1.90 bits per heavy atom. The van der Waals surface area contributed by atoms with E-state index >= 15 is 0 Å². The van der Waals surface area contributed by atoms with Gasteiger partial charge in [-0.25, -0.2) is 23.7 Å². The minimum atomic E-state index is -0.567. The first-order chi connectivity index (χ1) is 15.1. The lowest BCUT2D eigenvalue weighted by Crippen LogP contribution is -2.46. The molecular weight excluding hydrogens is 400 g/mol. The van der Waals surface area contributed by atoms with Gasteiger partial charge >= 0.3 is 0 Å². The van der Waals surface area contributed by atoms with E-state index in [0.29, 0.717) is 55.4 Å². The number of pyridine rings is 1. The second kappa shape index (κ2) is 8.04. The molecule has 2 aliphatic rings. The van der Waals surface area contributed by atoms with Gasteiger partial charge in [0.25, 0.3) is 0 Å². The molecule has 1 N–H and O–H groups in total. The number of fused-ring (bicyclic) bond motifs is 1. The van der Waals surface area contributed by atoms with E-state index in [4.69, 9.17) is 9.97 Å². The molecule has 1 aliphatic carbocycles. The molecule has 31 heavy (non-hydrogen) atoms. The number of benzene rings is 1. The highest BCUT2D eigenvalue weighted by molar-refractivity contribution is 5.84. The van der Waals surface area contributed by atoms with Crippen LogP contribution in [-0.4, -0.2) is 52.1 Å². The van der Waals surface area contributed by atoms with Crippen molar-refractivity contribution in [3.05, 3.63) is 53.4 Å². The Kier molecular flexibility index (Phi) is 5.08. The van der Waals surface area contributed by atoms with E-state index < -0.39 is 11.6 Å². The first-order valence-corrected chi connectivity index (χ1v) is 10.4. The van der Waals surface area contributed by atoms with E-state index in [0.717, 1.165) is 30.5 Å². The smallest absolute Gasteiger partial charge is 0.172 e. The van der Waals surface area contributed by atoms with Crippen LogP contribution in [0.25, 0.3) is 11.0 Å². The number of hydrogen-bond acceptors (Lipinski definition) is 7. The Hall–Kier alpha value is -3.38. The number of rotatable bonds is 5. The Morgan fingerprint density at radius 3 is 2.61 bits per heavy atom. The third-order valence-electron chi connectivity index (χ3n) is 5.67. The number of halogens is 2. The molecular formula is C22H21F2N7. The van der Waals surface area contributed by atoms with E-state index in [1.807, 2.05) is 0 Å². The van der Waals surface area contributed by atoms with Gasteiger partial charge in [-0.05, 0) is 25.0 Å². The molecule has 7 nitrogen and oxygen atoms in total. The monoisotopic (exact) mass is 421 g/mol. The molecule has 1 aliphatic heterocycles. The van der Waals surface area contributed by atoms with Gasteiger partial charge < -0.3 is 10.2 Å². The molecule has 0 radical (unpaired) electrons. The van der Waals surface area contributed by atoms with Crippen molar-refractivity contribution in [1.82, 2.24) is 19.9 Å². The van der Waals surface area contributed by atoms with Crippen molar-refractivity contribution in [3.63, 3.8) is 0 Å². The molecule has 0 spiro atoms. The third kappa shape index (κ3) is 4.11. The number of aromatic nitrogens is 3. The molecule has 3 heterocycles. The lowest BCUT2D eigenvalue weighted by molar-refractivity contribution is 0.246. The number of nitrogens with zero attached hydrogens (tertiary/aromatic N) is 6.